The molecule has 0 unspecified atom stereocenters. The van der Waals surface area contributed by atoms with Gasteiger partial charge in [-0.05, 0) is 49.7 Å². The summed E-state index contributed by atoms with van der Waals surface area (Å²) in [7, 11) is 0. The van der Waals surface area contributed by atoms with Crippen LogP contribution in [0.4, 0.5) is 0 Å². The van der Waals surface area contributed by atoms with Gasteiger partial charge < -0.3 is 9.99 Å². The second-order valence-corrected chi connectivity index (χ2v) is 7.19. The highest BCUT2D eigenvalue weighted by molar-refractivity contribution is 6.34. The third-order valence-corrected chi connectivity index (χ3v) is 5.07. The second-order valence-electron chi connectivity index (χ2n) is 5.94. The van der Waals surface area contributed by atoms with E-state index in [1.807, 2.05) is 44.2 Å². The first-order valence-electron chi connectivity index (χ1n) is 8.11. The minimum absolute atomic E-state index is 0.565. The first-order valence-corrected chi connectivity index (χ1v) is 9.24. The number of hydrogen-bond donors (Lipinski definition) is 1. The van der Waals surface area contributed by atoms with Gasteiger partial charge in [0.25, 0.3) is 0 Å². The van der Waals surface area contributed by atoms with Crippen LogP contribution < -0.4 is 5.43 Å². The fraction of sp³-hybridized carbons (Fsp3) is 0.150. The van der Waals surface area contributed by atoms with Crippen LogP contribution in [0.3, 0.4) is 0 Å². The Hall–Kier alpha value is -1.94. The molecule has 0 aliphatic rings. The van der Waals surface area contributed by atoms with E-state index in [1.54, 1.807) is 18.3 Å². The molecule has 1 aromatic heterocycles. The lowest BCUT2D eigenvalue weighted by atomic mass is 10.2. The molecule has 0 amide bonds. The zero-order valence-corrected chi connectivity index (χ0v) is 16.7. The second kappa shape index (κ2) is 8.17. The standard InChI is InChI=1S/C20H18Cl3N3/c1-13-9-16(12-25-24-11-15-5-3-4-6-18(15)22)14(2)26(13)20-10-17(21)7-8-19(20)23/h3-10,12,24H,11H2,1-2H3/b25-12-. The molecule has 0 fully saturated rings. The van der Waals surface area contributed by atoms with Crippen molar-refractivity contribution in [3.8, 4) is 5.69 Å². The van der Waals surface area contributed by atoms with Crippen LogP contribution in [0.1, 0.15) is 22.5 Å². The molecule has 1 heterocycles. The molecule has 1 N–H and O–H groups in total. The molecule has 0 saturated carbocycles. The SMILES string of the molecule is Cc1cc(/C=N\NCc2ccccc2Cl)c(C)n1-c1cc(Cl)ccc1Cl. The van der Waals surface area contributed by atoms with Crippen LogP contribution in [0, 0.1) is 13.8 Å². The van der Waals surface area contributed by atoms with E-state index in [1.165, 1.54) is 0 Å². The highest BCUT2D eigenvalue weighted by Crippen LogP contribution is 2.28. The van der Waals surface area contributed by atoms with Crippen molar-refractivity contribution in [2.24, 2.45) is 5.10 Å². The van der Waals surface area contributed by atoms with Crippen molar-refractivity contribution in [1.29, 1.82) is 0 Å². The highest BCUT2D eigenvalue weighted by Gasteiger charge is 2.12. The number of benzene rings is 2. The van der Waals surface area contributed by atoms with Crippen molar-refractivity contribution in [2.75, 3.05) is 0 Å². The number of aryl methyl sites for hydroxylation is 1. The smallest absolute Gasteiger partial charge is 0.0656 e. The van der Waals surface area contributed by atoms with Gasteiger partial charge in [0.2, 0.25) is 0 Å². The highest BCUT2D eigenvalue weighted by atomic mass is 35.5. The van der Waals surface area contributed by atoms with Gasteiger partial charge >= 0.3 is 0 Å². The Morgan fingerprint density at radius 3 is 2.54 bits per heavy atom. The maximum absolute atomic E-state index is 6.36. The molecule has 3 rings (SSSR count). The number of hydrogen-bond acceptors (Lipinski definition) is 2. The largest absolute Gasteiger partial charge is 0.316 e. The van der Waals surface area contributed by atoms with E-state index in [0.29, 0.717) is 16.6 Å². The van der Waals surface area contributed by atoms with Crippen LogP contribution in [-0.2, 0) is 6.54 Å². The Bertz CT molecular complexity index is 961. The summed E-state index contributed by atoms with van der Waals surface area (Å²) in [6.07, 6.45) is 1.80. The zero-order valence-electron chi connectivity index (χ0n) is 14.4. The van der Waals surface area contributed by atoms with E-state index in [-0.39, 0.29) is 0 Å². The van der Waals surface area contributed by atoms with Gasteiger partial charge in [0.15, 0.2) is 0 Å². The maximum Gasteiger partial charge on any atom is 0.0656 e. The molecule has 134 valence electrons. The minimum atomic E-state index is 0.565. The molecule has 2 aromatic carbocycles. The zero-order chi connectivity index (χ0) is 18.7. The van der Waals surface area contributed by atoms with Crippen LogP contribution in [0.25, 0.3) is 5.69 Å². The van der Waals surface area contributed by atoms with Crippen molar-refractivity contribution in [3.05, 3.63) is 86.1 Å². The number of hydrazone groups is 1. The van der Waals surface area contributed by atoms with Crippen molar-refractivity contribution < 1.29 is 0 Å². The van der Waals surface area contributed by atoms with Gasteiger partial charge in [0.1, 0.15) is 0 Å². The van der Waals surface area contributed by atoms with Crippen molar-refractivity contribution >= 4 is 41.0 Å². The summed E-state index contributed by atoms with van der Waals surface area (Å²) in [6, 6.07) is 15.2. The van der Waals surface area contributed by atoms with E-state index in [9.17, 15) is 0 Å². The molecule has 26 heavy (non-hydrogen) atoms. The number of nitrogens with one attached hydrogen (secondary N) is 1. The lowest BCUT2D eigenvalue weighted by molar-refractivity contribution is 0.748. The Morgan fingerprint density at radius 2 is 1.77 bits per heavy atom. The van der Waals surface area contributed by atoms with Gasteiger partial charge in [0, 0.05) is 27.0 Å². The van der Waals surface area contributed by atoms with E-state index >= 15 is 0 Å². The number of halogens is 3. The summed E-state index contributed by atoms with van der Waals surface area (Å²) < 4.78 is 2.07. The molecule has 3 aromatic rings. The lowest BCUT2D eigenvalue weighted by Gasteiger charge is -2.12. The summed E-state index contributed by atoms with van der Waals surface area (Å²) in [4.78, 5) is 0. The van der Waals surface area contributed by atoms with Crippen LogP contribution in [0.15, 0.2) is 53.6 Å². The predicted octanol–water partition coefficient (Wildman–Crippen LogP) is 6.18. The lowest BCUT2D eigenvalue weighted by Crippen LogP contribution is -2.06. The first-order chi connectivity index (χ1) is 12.5. The minimum Gasteiger partial charge on any atom is -0.316 e. The molecule has 0 atom stereocenters. The van der Waals surface area contributed by atoms with E-state index in [0.717, 1.165) is 33.2 Å². The Kier molecular flexibility index (Phi) is 5.92. The van der Waals surface area contributed by atoms with E-state index in [4.69, 9.17) is 34.8 Å². The summed E-state index contributed by atoms with van der Waals surface area (Å²) in [5.74, 6) is 0. The van der Waals surface area contributed by atoms with Crippen LogP contribution in [0.2, 0.25) is 15.1 Å². The van der Waals surface area contributed by atoms with Crippen LogP contribution in [0.5, 0.6) is 0 Å². The molecule has 0 spiro atoms. The first kappa shape index (κ1) is 18.8. The van der Waals surface area contributed by atoms with Crippen molar-refractivity contribution in [1.82, 2.24) is 9.99 Å². The predicted molar refractivity (Wildman–Crippen MR) is 111 cm³/mol. The monoisotopic (exact) mass is 405 g/mol. The van der Waals surface area contributed by atoms with Gasteiger partial charge in [-0.25, -0.2) is 0 Å². The van der Waals surface area contributed by atoms with Crippen molar-refractivity contribution in [2.45, 2.75) is 20.4 Å². The van der Waals surface area contributed by atoms with E-state index in [2.05, 4.69) is 21.2 Å². The third kappa shape index (κ3) is 4.07. The summed E-state index contributed by atoms with van der Waals surface area (Å²) in [5.41, 5.74) is 7.99. The van der Waals surface area contributed by atoms with Gasteiger partial charge in [0.05, 0.1) is 23.5 Å². The Labute approximate surface area is 168 Å². The molecule has 0 radical (unpaired) electrons. The molecule has 0 aliphatic carbocycles. The molecule has 0 aliphatic heterocycles. The van der Waals surface area contributed by atoms with Crippen molar-refractivity contribution in [3.63, 3.8) is 0 Å². The summed E-state index contributed by atoms with van der Waals surface area (Å²) in [5, 5.41) is 6.34. The topological polar surface area (TPSA) is 29.3 Å². The number of nitrogens with zero attached hydrogens (tertiary/aromatic N) is 2. The Balaban J connectivity index is 1.80. The maximum atomic E-state index is 6.36. The molecular formula is C20H18Cl3N3. The normalized spacial score (nSPS) is 11.3. The van der Waals surface area contributed by atoms with Gasteiger partial charge in [-0.15, -0.1) is 0 Å². The fourth-order valence-corrected chi connectivity index (χ4v) is 3.40. The molecule has 0 saturated heterocycles. The number of aromatic nitrogens is 1. The average Bonchev–Trinajstić information content (AvgIpc) is 2.89. The molecule has 3 nitrogen and oxygen atoms in total. The quantitative estimate of drug-likeness (QED) is 0.398. The van der Waals surface area contributed by atoms with Crippen LogP contribution in [-0.4, -0.2) is 10.8 Å². The Morgan fingerprint density at radius 1 is 1.00 bits per heavy atom. The number of rotatable bonds is 5. The summed E-state index contributed by atoms with van der Waals surface area (Å²) >= 11 is 18.6. The fourth-order valence-electron chi connectivity index (χ4n) is 2.83. The van der Waals surface area contributed by atoms with Gasteiger partial charge in [-0.2, -0.15) is 5.10 Å². The molecule has 0 bridgehead atoms. The molecular weight excluding hydrogens is 389 g/mol. The summed E-state index contributed by atoms with van der Waals surface area (Å²) in [6.45, 7) is 4.62. The van der Waals surface area contributed by atoms with Crippen LogP contribution >= 0.6 is 34.8 Å². The van der Waals surface area contributed by atoms with Gasteiger partial charge in [-0.1, -0.05) is 53.0 Å². The average molecular weight is 407 g/mol. The molecule has 6 heteroatoms. The van der Waals surface area contributed by atoms with E-state index < -0.39 is 0 Å². The third-order valence-electron chi connectivity index (χ3n) is 4.14. The van der Waals surface area contributed by atoms with Gasteiger partial charge in [-0.3, -0.25) is 0 Å².